The highest BCUT2D eigenvalue weighted by Crippen LogP contribution is 2.58. The molecule has 0 atom stereocenters. The van der Waals surface area contributed by atoms with Crippen LogP contribution in [-0.4, -0.2) is 12.4 Å². The van der Waals surface area contributed by atoms with Crippen LogP contribution in [0, 0.1) is 0 Å². The minimum absolute atomic E-state index is 0.273. The Bertz CT molecular complexity index is 644. The normalized spacial score (nSPS) is 13.2. The third-order valence-corrected chi connectivity index (χ3v) is 4.79. The zero-order valence-corrected chi connectivity index (χ0v) is 14.3. The van der Waals surface area contributed by atoms with Gasteiger partial charge in [-0.2, -0.15) is 26.3 Å². The number of benzene rings is 2. The van der Waals surface area contributed by atoms with E-state index in [1.807, 2.05) is 0 Å². The third kappa shape index (κ3) is 2.91. The highest BCUT2D eigenvalue weighted by Gasteiger charge is 2.73. The Morgan fingerprint density at radius 1 is 0.565 bits per heavy atom. The van der Waals surface area contributed by atoms with Gasteiger partial charge in [-0.25, -0.2) is 0 Å². The van der Waals surface area contributed by atoms with Crippen molar-refractivity contribution in [2.24, 2.45) is 0 Å². The lowest BCUT2D eigenvalue weighted by Crippen LogP contribution is -2.55. The van der Waals surface area contributed by atoms with E-state index in [1.165, 1.54) is 12.1 Å². The van der Waals surface area contributed by atoms with Crippen LogP contribution in [0.4, 0.5) is 26.3 Å². The molecule has 0 unspecified atom stereocenters. The summed E-state index contributed by atoms with van der Waals surface area (Å²) in [6.45, 7) is 0. The van der Waals surface area contributed by atoms with Crippen molar-refractivity contribution in [3.05, 3.63) is 68.6 Å². The Kier molecular flexibility index (Phi) is 4.88. The van der Waals surface area contributed by atoms with Gasteiger partial charge in [-0.05, 0) is 23.3 Å². The number of halogens is 8. The molecule has 0 radical (unpaired) electrons. The van der Waals surface area contributed by atoms with Gasteiger partial charge in [0.05, 0.1) is 0 Å². The van der Waals surface area contributed by atoms with Crippen LogP contribution in [0.5, 0.6) is 0 Å². The summed E-state index contributed by atoms with van der Waals surface area (Å²) in [5.74, 6) is 0. The molecule has 2 rings (SSSR count). The maximum atomic E-state index is 13.8. The van der Waals surface area contributed by atoms with Gasteiger partial charge in [0.25, 0.3) is 0 Å². The summed E-state index contributed by atoms with van der Waals surface area (Å²) in [5.41, 5.74) is -5.97. The maximum absolute atomic E-state index is 13.8. The van der Waals surface area contributed by atoms with E-state index in [2.05, 4.69) is 31.9 Å². The third-order valence-electron chi connectivity index (χ3n) is 3.41. The van der Waals surface area contributed by atoms with Crippen molar-refractivity contribution in [3.63, 3.8) is 0 Å². The molecule has 0 bridgehead atoms. The van der Waals surface area contributed by atoms with E-state index in [1.54, 1.807) is 0 Å². The maximum Gasteiger partial charge on any atom is 0.411 e. The van der Waals surface area contributed by atoms with Crippen LogP contribution in [0.3, 0.4) is 0 Å². The SMILES string of the molecule is FC(F)(F)C(c1ccccc1Br)(c1ccccc1Br)C(F)(F)F. The summed E-state index contributed by atoms with van der Waals surface area (Å²) >= 11 is 5.65. The molecule has 0 saturated carbocycles. The average molecular weight is 462 g/mol. The Morgan fingerprint density at radius 2 is 0.870 bits per heavy atom. The van der Waals surface area contributed by atoms with Gasteiger partial charge in [0, 0.05) is 8.95 Å². The van der Waals surface area contributed by atoms with Gasteiger partial charge in [-0.15, -0.1) is 0 Å². The van der Waals surface area contributed by atoms with Gasteiger partial charge in [0.15, 0.2) is 0 Å². The van der Waals surface area contributed by atoms with Gasteiger partial charge >= 0.3 is 12.4 Å². The van der Waals surface area contributed by atoms with E-state index < -0.39 is 28.9 Å². The minimum atomic E-state index is -5.60. The van der Waals surface area contributed by atoms with Crippen molar-refractivity contribution >= 4 is 31.9 Å². The van der Waals surface area contributed by atoms with Crippen LogP contribution in [-0.2, 0) is 5.41 Å². The lowest BCUT2D eigenvalue weighted by atomic mass is 9.73. The lowest BCUT2D eigenvalue weighted by Gasteiger charge is -2.39. The second kappa shape index (κ2) is 6.12. The predicted octanol–water partition coefficient (Wildman–Crippen LogP) is 6.62. The van der Waals surface area contributed by atoms with Crippen molar-refractivity contribution in [2.75, 3.05) is 0 Å². The van der Waals surface area contributed by atoms with Crippen molar-refractivity contribution in [3.8, 4) is 0 Å². The van der Waals surface area contributed by atoms with E-state index in [4.69, 9.17) is 0 Å². The molecular weight excluding hydrogens is 454 g/mol. The molecule has 23 heavy (non-hydrogen) atoms. The zero-order valence-electron chi connectivity index (χ0n) is 11.1. The van der Waals surface area contributed by atoms with Crippen LogP contribution in [0.25, 0.3) is 0 Å². The zero-order chi connectivity index (χ0) is 17.5. The Hall–Kier alpha value is -1.02. The molecule has 0 amide bonds. The molecule has 8 heteroatoms. The molecule has 2 aromatic rings. The molecule has 0 spiro atoms. The molecule has 0 aliphatic rings. The summed E-state index contributed by atoms with van der Waals surface area (Å²) < 4.78 is 82.5. The molecule has 0 heterocycles. The second-order valence-electron chi connectivity index (χ2n) is 4.71. The standard InChI is InChI=1S/C15H8Br2F6/c16-11-7-3-1-5-9(11)13(14(18,19)20,15(21,22)23)10-6-2-4-8-12(10)17/h1-8H. The van der Waals surface area contributed by atoms with Gasteiger partial charge in [-0.3, -0.25) is 0 Å². The Morgan fingerprint density at radius 3 is 1.13 bits per heavy atom. The molecule has 2 aromatic carbocycles. The topological polar surface area (TPSA) is 0 Å². The van der Waals surface area contributed by atoms with E-state index in [0.717, 1.165) is 36.4 Å². The number of alkyl halides is 6. The highest BCUT2D eigenvalue weighted by molar-refractivity contribution is 9.10. The molecule has 0 aliphatic heterocycles. The Balaban J connectivity index is 3.01. The highest BCUT2D eigenvalue weighted by atomic mass is 79.9. The first-order valence-corrected chi connectivity index (χ1v) is 7.75. The summed E-state index contributed by atoms with van der Waals surface area (Å²) in [5, 5.41) is 0. The fourth-order valence-corrected chi connectivity index (χ4v) is 3.61. The molecular formula is C15H8Br2F6. The van der Waals surface area contributed by atoms with Crippen LogP contribution in [0.1, 0.15) is 11.1 Å². The van der Waals surface area contributed by atoms with Crippen LogP contribution in [0.15, 0.2) is 57.5 Å². The number of rotatable bonds is 2. The summed E-state index contributed by atoms with van der Waals surface area (Å²) in [4.78, 5) is 0. The molecule has 0 aliphatic carbocycles. The van der Waals surface area contributed by atoms with Gasteiger partial charge in [0.2, 0.25) is 5.41 Å². The number of hydrogen-bond donors (Lipinski definition) is 0. The van der Waals surface area contributed by atoms with Crippen molar-refractivity contribution in [1.29, 1.82) is 0 Å². The first-order chi connectivity index (χ1) is 10.5. The molecule has 0 saturated heterocycles. The van der Waals surface area contributed by atoms with Crippen LogP contribution in [0.2, 0.25) is 0 Å². The average Bonchev–Trinajstić information content (AvgIpc) is 2.40. The molecule has 0 nitrogen and oxygen atoms in total. The minimum Gasteiger partial charge on any atom is -0.169 e. The van der Waals surface area contributed by atoms with Crippen molar-refractivity contribution in [1.82, 2.24) is 0 Å². The van der Waals surface area contributed by atoms with E-state index >= 15 is 0 Å². The fraction of sp³-hybridized carbons (Fsp3) is 0.200. The van der Waals surface area contributed by atoms with Crippen molar-refractivity contribution < 1.29 is 26.3 Å². The molecule has 0 N–H and O–H groups in total. The van der Waals surface area contributed by atoms with Crippen LogP contribution < -0.4 is 0 Å². The van der Waals surface area contributed by atoms with E-state index in [-0.39, 0.29) is 8.95 Å². The lowest BCUT2D eigenvalue weighted by molar-refractivity contribution is -0.289. The number of hydrogen-bond acceptors (Lipinski definition) is 0. The molecule has 124 valence electrons. The largest absolute Gasteiger partial charge is 0.411 e. The molecule has 0 aromatic heterocycles. The fourth-order valence-electron chi connectivity index (χ4n) is 2.45. The van der Waals surface area contributed by atoms with E-state index in [0.29, 0.717) is 0 Å². The summed E-state index contributed by atoms with van der Waals surface area (Å²) in [6, 6.07) is 8.94. The monoisotopic (exact) mass is 460 g/mol. The second-order valence-corrected chi connectivity index (χ2v) is 6.41. The molecule has 0 fully saturated rings. The van der Waals surface area contributed by atoms with Crippen LogP contribution >= 0.6 is 31.9 Å². The van der Waals surface area contributed by atoms with E-state index in [9.17, 15) is 26.3 Å². The first kappa shape index (κ1) is 18.3. The van der Waals surface area contributed by atoms with Gasteiger partial charge < -0.3 is 0 Å². The summed E-state index contributed by atoms with van der Waals surface area (Å²) in [7, 11) is 0. The summed E-state index contributed by atoms with van der Waals surface area (Å²) in [6.07, 6.45) is -11.2. The van der Waals surface area contributed by atoms with Gasteiger partial charge in [-0.1, -0.05) is 68.3 Å². The predicted molar refractivity (Wildman–Crippen MR) is 81.2 cm³/mol. The smallest absolute Gasteiger partial charge is 0.169 e. The van der Waals surface area contributed by atoms with Gasteiger partial charge in [0.1, 0.15) is 0 Å². The quantitative estimate of drug-likeness (QED) is 0.441. The van der Waals surface area contributed by atoms with Crippen molar-refractivity contribution in [2.45, 2.75) is 17.8 Å². The first-order valence-electron chi connectivity index (χ1n) is 6.17. The Labute approximate surface area is 144 Å².